The lowest BCUT2D eigenvalue weighted by Crippen LogP contribution is -2.10. The fraction of sp³-hybridized carbons (Fsp3) is 0. The van der Waals surface area contributed by atoms with Crippen molar-refractivity contribution >= 4 is 60.4 Å². The molecule has 0 bridgehead atoms. The highest BCUT2D eigenvalue weighted by atomic mass is 15.1. The fourth-order valence-corrected chi connectivity index (χ4v) is 9.76. The number of rotatable bonds is 8. The van der Waals surface area contributed by atoms with Crippen molar-refractivity contribution in [1.82, 2.24) is 4.57 Å². The highest BCUT2D eigenvalue weighted by Crippen LogP contribution is 2.43. The van der Waals surface area contributed by atoms with E-state index in [9.17, 15) is 0 Å². The average Bonchev–Trinajstić information content (AvgIpc) is 3.72. The van der Waals surface area contributed by atoms with Crippen LogP contribution >= 0.6 is 0 Å². The summed E-state index contributed by atoms with van der Waals surface area (Å²) < 4.78 is 2.39. The Morgan fingerprint density at radius 3 is 1.36 bits per heavy atom. The van der Waals surface area contributed by atoms with Gasteiger partial charge in [-0.15, -0.1) is 0 Å². The molecule has 0 N–H and O–H groups in total. The second-order valence-corrected chi connectivity index (χ2v) is 16.5. The first kappa shape index (κ1) is 37.3. The van der Waals surface area contributed by atoms with E-state index >= 15 is 0 Å². The maximum atomic E-state index is 2.39. The van der Waals surface area contributed by atoms with Crippen molar-refractivity contribution in [3.63, 3.8) is 0 Å². The minimum Gasteiger partial charge on any atom is -0.310 e. The average molecular weight is 815 g/mol. The zero-order valence-corrected chi connectivity index (χ0v) is 35.1. The number of aromatic nitrogens is 1. The maximum absolute atomic E-state index is 2.39. The number of nitrogens with zero attached hydrogens (tertiary/aromatic N) is 2. The second kappa shape index (κ2) is 15.8. The van der Waals surface area contributed by atoms with E-state index in [-0.39, 0.29) is 0 Å². The molecule has 0 aliphatic rings. The maximum Gasteiger partial charge on any atom is 0.0547 e. The van der Waals surface area contributed by atoms with Crippen molar-refractivity contribution in [2.24, 2.45) is 0 Å². The summed E-state index contributed by atoms with van der Waals surface area (Å²) in [5, 5.41) is 7.51. The summed E-state index contributed by atoms with van der Waals surface area (Å²) in [4.78, 5) is 2.39. The molecule has 0 fully saturated rings. The molecule has 0 spiro atoms. The number of para-hydroxylation sites is 2. The smallest absolute Gasteiger partial charge is 0.0547 e. The molecule has 300 valence electrons. The van der Waals surface area contributed by atoms with Gasteiger partial charge in [0.05, 0.1) is 11.0 Å². The minimum atomic E-state index is 1.09. The van der Waals surface area contributed by atoms with Gasteiger partial charge in [0.1, 0.15) is 0 Å². The van der Waals surface area contributed by atoms with Crippen molar-refractivity contribution in [2.75, 3.05) is 4.90 Å². The molecule has 11 aromatic carbocycles. The largest absolute Gasteiger partial charge is 0.310 e. The Balaban J connectivity index is 0.957. The lowest BCUT2D eigenvalue weighted by atomic mass is 9.96. The summed E-state index contributed by atoms with van der Waals surface area (Å²) >= 11 is 0. The van der Waals surface area contributed by atoms with E-state index in [0.717, 1.165) is 22.7 Å². The second-order valence-electron chi connectivity index (χ2n) is 16.5. The van der Waals surface area contributed by atoms with Crippen LogP contribution in [0.1, 0.15) is 0 Å². The van der Waals surface area contributed by atoms with E-state index in [2.05, 4.69) is 264 Å². The third-order valence-electron chi connectivity index (χ3n) is 12.8. The predicted molar refractivity (Wildman–Crippen MR) is 272 cm³/mol. The van der Waals surface area contributed by atoms with Crippen LogP contribution in [0.4, 0.5) is 17.1 Å². The van der Waals surface area contributed by atoms with Crippen LogP contribution in [-0.4, -0.2) is 4.57 Å². The summed E-state index contributed by atoms with van der Waals surface area (Å²) in [5.74, 6) is 0. The van der Waals surface area contributed by atoms with Crippen LogP contribution in [0.2, 0.25) is 0 Å². The van der Waals surface area contributed by atoms with Gasteiger partial charge in [0, 0.05) is 33.5 Å². The summed E-state index contributed by atoms with van der Waals surface area (Å²) in [6.45, 7) is 0. The Morgan fingerprint density at radius 2 is 0.719 bits per heavy atom. The molecule has 64 heavy (non-hydrogen) atoms. The van der Waals surface area contributed by atoms with Gasteiger partial charge in [0.15, 0.2) is 0 Å². The van der Waals surface area contributed by atoms with E-state index in [1.807, 2.05) is 0 Å². The van der Waals surface area contributed by atoms with E-state index in [4.69, 9.17) is 0 Å². The van der Waals surface area contributed by atoms with Gasteiger partial charge in [-0.2, -0.15) is 0 Å². The Morgan fingerprint density at radius 1 is 0.266 bits per heavy atom. The molecule has 0 unspecified atom stereocenters. The van der Waals surface area contributed by atoms with Gasteiger partial charge in [0.25, 0.3) is 0 Å². The molecular formula is C62H42N2. The van der Waals surface area contributed by atoms with Crippen LogP contribution < -0.4 is 4.90 Å². The van der Waals surface area contributed by atoms with Crippen LogP contribution in [0, 0.1) is 0 Å². The number of hydrogen-bond donors (Lipinski definition) is 0. The van der Waals surface area contributed by atoms with Crippen molar-refractivity contribution < 1.29 is 0 Å². The van der Waals surface area contributed by atoms with Crippen molar-refractivity contribution in [3.05, 3.63) is 255 Å². The van der Waals surface area contributed by atoms with Crippen LogP contribution in [0.25, 0.3) is 93.5 Å². The van der Waals surface area contributed by atoms with Crippen molar-refractivity contribution in [2.45, 2.75) is 0 Å². The zero-order valence-electron chi connectivity index (χ0n) is 35.1. The molecule has 1 heterocycles. The number of hydrogen-bond acceptors (Lipinski definition) is 1. The molecule has 0 saturated heterocycles. The first-order valence-electron chi connectivity index (χ1n) is 22.0. The molecule has 12 aromatic rings. The molecular weight excluding hydrogens is 773 g/mol. The molecule has 0 atom stereocenters. The summed E-state index contributed by atoms with van der Waals surface area (Å²) in [5.41, 5.74) is 16.4. The van der Waals surface area contributed by atoms with Gasteiger partial charge in [-0.1, -0.05) is 194 Å². The molecule has 0 amide bonds. The quantitative estimate of drug-likeness (QED) is 0.148. The normalized spacial score (nSPS) is 11.4. The molecule has 2 nitrogen and oxygen atoms in total. The number of benzene rings is 11. The Hall–Kier alpha value is -8.46. The van der Waals surface area contributed by atoms with E-state index < -0.39 is 0 Å². The van der Waals surface area contributed by atoms with E-state index in [1.165, 1.54) is 87.9 Å². The highest BCUT2D eigenvalue weighted by molar-refractivity contribution is 6.16. The zero-order chi connectivity index (χ0) is 42.4. The molecule has 1 aromatic heterocycles. The molecule has 0 saturated carbocycles. The van der Waals surface area contributed by atoms with Crippen LogP contribution in [-0.2, 0) is 0 Å². The predicted octanol–water partition coefficient (Wildman–Crippen LogP) is 17.2. The van der Waals surface area contributed by atoms with Crippen molar-refractivity contribution in [3.8, 4) is 50.2 Å². The topological polar surface area (TPSA) is 8.17 Å². The summed E-state index contributed by atoms with van der Waals surface area (Å²) in [6, 6.07) is 92.6. The van der Waals surface area contributed by atoms with Gasteiger partial charge >= 0.3 is 0 Å². The van der Waals surface area contributed by atoms with Gasteiger partial charge in [-0.3, -0.25) is 0 Å². The molecule has 0 radical (unpaired) electrons. The standard InChI is InChI=1S/C62H42N2/c1-2-19-50(20-3-1)64-60-28-9-8-24-59(60)62-58(27-13-29-61(62)64)49-18-10-21-53(42-49)63(52-40-36-48(37-41-52)57-26-12-17-46-15-5-7-23-55(46)57)51-38-34-44(35-39-51)43-30-32-47(33-31-43)56-25-11-16-45-14-4-6-22-54(45)56/h1-42H. The van der Waals surface area contributed by atoms with Gasteiger partial charge in [-0.05, 0) is 127 Å². The Labute approximate surface area is 373 Å². The van der Waals surface area contributed by atoms with Gasteiger partial charge in [-0.25, -0.2) is 0 Å². The molecule has 0 aliphatic carbocycles. The minimum absolute atomic E-state index is 1.09. The number of anilines is 3. The van der Waals surface area contributed by atoms with Crippen LogP contribution in [0.5, 0.6) is 0 Å². The molecule has 12 rings (SSSR count). The van der Waals surface area contributed by atoms with Crippen LogP contribution in [0.15, 0.2) is 255 Å². The fourth-order valence-electron chi connectivity index (χ4n) is 9.76. The molecule has 2 heteroatoms. The van der Waals surface area contributed by atoms with Gasteiger partial charge < -0.3 is 9.47 Å². The van der Waals surface area contributed by atoms with Crippen LogP contribution in [0.3, 0.4) is 0 Å². The van der Waals surface area contributed by atoms with Gasteiger partial charge in [0.2, 0.25) is 0 Å². The highest BCUT2D eigenvalue weighted by Gasteiger charge is 2.19. The summed E-state index contributed by atoms with van der Waals surface area (Å²) in [6.07, 6.45) is 0. The first-order chi connectivity index (χ1) is 31.7. The monoisotopic (exact) mass is 814 g/mol. The first-order valence-corrected chi connectivity index (χ1v) is 22.0. The Bertz CT molecular complexity index is 3630. The van der Waals surface area contributed by atoms with Crippen molar-refractivity contribution in [1.29, 1.82) is 0 Å². The summed E-state index contributed by atoms with van der Waals surface area (Å²) in [7, 11) is 0. The van der Waals surface area contributed by atoms with E-state index in [1.54, 1.807) is 0 Å². The number of fused-ring (bicyclic) bond motifs is 5. The van der Waals surface area contributed by atoms with E-state index in [0.29, 0.717) is 0 Å². The Kier molecular flexibility index (Phi) is 9.20. The lowest BCUT2D eigenvalue weighted by Gasteiger charge is -2.26. The third kappa shape index (κ3) is 6.52. The lowest BCUT2D eigenvalue weighted by molar-refractivity contribution is 1.18. The third-order valence-corrected chi connectivity index (χ3v) is 12.8. The molecule has 0 aliphatic heterocycles. The SMILES string of the molecule is c1ccc(-n2c3ccccc3c3c(-c4cccc(N(c5ccc(-c6ccc(-c7cccc8ccccc78)cc6)cc5)c5ccc(-c6cccc7ccccc67)cc5)c4)cccc32)cc1.